The summed E-state index contributed by atoms with van der Waals surface area (Å²) in [5, 5.41) is 3.85. The molecule has 2 aromatic carbocycles. The molecule has 1 aliphatic rings. The van der Waals surface area contributed by atoms with Gasteiger partial charge in [0.1, 0.15) is 12.6 Å². The molecular formula is C26H33Cl2N3O4S. The van der Waals surface area contributed by atoms with E-state index >= 15 is 0 Å². The second-order valence-electron chi connectivity index (χ2n) is 9.43. The van der Waals surface area contributed by atoms with Crippen LogP contribution in [0.4, 0.5) is 5.69 Å². The van der Waals surface area contributed by atoms with Crippen LogP contribution in [-0.4, -0.2) is 50.0 Å². The second kappa shape index (κ2) is 11.8. The minimum Gasteiger partial charge on any atom is -0.352 e. The molecule has 10 heteroatoms. The van der Waals surface area contributed by atoms with Gasteiger partial charge in [0.25, 0.3) is 0 Å². The third-order valence-electron chi connectivity index (χ3n) is 6.59. The van der Waals surface area contributed by atoms with E-state index in [0.717, 1.165) is 47.4 Å². The van der Waals surface area contributed by atoms with Crippen LogP contribution in [0.25, 0.3) is 0 Å². The zero-order valence-electron chi connectivity index (χ0n) is 21.1. The minimum atomic E-state index is -3.80. The van der Waals surface area contributed by atoms with Gasteiger partial charge in [0, 0.05) is 22.6 Å². The number of sulfonamides is 1. The Morgan fingerprint density at radius 2 is 1.69 bits per heavy atom. The van der Waals surface area contributed by atoms with Gasteiger partial charge < -0.3 is 10.2 Å². The quantitative estimate of drug-likeness (QED) is 0.480. The molecule has 0 aliphatic heterocycles. The van der Waals surface area contributed by atoms with Crippen LogP contribution in [0.5, 0.6) is 0 Å². The number of benzene rings is 2. The van der Waals surface area contributed by atoms with Crippen LogP contribution < -0.4 is 9.62 Å². The van der Waals surface area contributed by atoms with E-state index in [-0.39, 0.29) is 18.5 Å². The average Bonchev–Trinajstić information content (AvgIpc) is 3.29. The fourth-order valence-corrected chi connectivity index (χ4v) is 6.02. The van der Waals surface area contributed by atoms with Crippen molar-refractivity contribution in [1.29, 1.82) is 0 Å². The van der Waals surface area contributed by atoms with Gasteiger partial charge in [0.05, 0.1) is 11.9 Å². The lowest BCUT2D eigenvalue weighted by Crippen LogP contribution is -2.52. The highest BCUT2D eigenvalue weighted by molar-refractivity contribution is 7.92. The molecule has 36 heavy (non-hydrogen) atoms. The van der Waals surface area contributed by atoms with Crippen molar-refractivity contribution in [3.63, 3.8) is 0 Å². The van der Waals surface area contributed by atoms with Crippen molar-refractivity contribution < 1.29 is 18.0 Å². The van der Waals surface area contributed by atoms with E-state index in [1.165, 1.54) is 4.90 Å². The fraction of sp³-hybridized carbons (Fsp3) is 0.462. The molecule has 1 fully saturated rings. The number of hydrogen-bond donors (Lipinski definition) is 1. The molecule has 2 amide bonds. The van der Waals surface area contributed by atoms with Gasteiger partial charge in [0.15, 0.2) is 0 Å². The van der Waals surface area contributed by atoms with Crippen LogP contribution >= 0.6 is 23.2 Å². The first-order chi connectivity index (χ1) is 16.9. The minimum absolute atomic E-state index is 0.0262. The van der Waals surface area contributed by atoms with Gasteiger partial charge >= 0.3 is 0 Å². The summed E-state index contributed by atoms with van der Waals surface area (Å²) < 4.78 is 26.7. The number of halogens is 2. The predicted molar refractivity (Wildman–Crippen MR) is 145 cm³/mol. The van der Waals surface area contributed by atoms with Crippen LogP contribution in [0.1, 0.15) is 49.3 Å². The SMILES string of the molecule is Cc1cccc(C)c1N(CC(=O)N(Cc1ccc(Cl)cc1Cl)C(C)C(=O)NC1CCCC1)S(C)(=O)=O. The maximum atomic E-state index is 13.7. The first-order valence-corrected chi connectivity index (χ1v) is 14.6. The van der Waals surface area contributed by atoms with Gasteiger partial charge in [0.2, 0.25) is 21.8 Å². The summed E-state index contributed by atoms with van der Waals surface area (Å²) in [6, 6.07) is 9.61. The molecular weight excluding hydrogens is 521 g/mol. The topological polar surface area (TPSA) is 86.8 Å². The Labute approximate surface area is 223 Å². The van der Waals surface area contributed by atoms with Crippen molar-refractivity contribution in [2.75, 3.05) is 17.1 Å². The summed E-state index contributed by atoms with van der Waals surface area (Å²) in [5.41, 5.74) is 2.52. The van der Waals surface area contributed by atoms with E-state index in [4.69, 9.17) is 23.2 Å². The van der Waals surface area contributed by atoms with Crippen LogP contribution in [0.2, 0.25) is 10.0 Å². The molecule has 7 nitrogen and oxygen atoms in total. The second-order valence-corrected chi connectivity index (χ2v) is 12.2. The van der Waals surface area contributed by atoms with Crippen LogP contribution in [0.15, 0.2) is 36.4 Å². The van der Waals surface area contributed by atoms with Crippen LogP contribution in [0, 0.1) is 13.8 Å². The fourth-order valence-electron chi connectivity index (χ4n) is 4.58. The molecule has 1 aliphatic carbocycles. The number of carbonyl (C=O) groups is 2. The number of rotatable bonds is 9. The Bertz CT molecular complexity index is 1210. The Morgan fingerprint density at radius 3 is 2.25 bits per heavy atom. The average molecular weight is 555 g/mol. The van der Waals surface area contributed by atoms with Crippen molar-refractivity contribution in [1.82, 2.24) is 10.2 Å². The van der Waals surface area contributed by atoms with Gasteiger partial charge in [-0.15, -0.1) is 0 Å². The van der Waals surface area contributed by atoms with Crippen molar-refractivity contribution in [2.24, 2.45) is 0 Å². The Balaban J connectivity index is 1.95. The first-order valence-electron chi connectivity index (χ1n) is 12.0. The van der Waals surface area contributed by atoms with E-state index in [0.29, 0.717) is 21.3 Å². The molecule has 1 saturated carbocycles. The standard InChI is InChI=1S/C26H33Cl2N3O4S/c1-17-8-7-9-18(2)25(17)31(36(4,34)35)16-24(32)30(15-20-12-13-21(27)14-23(20)28)19(3)26(33)29-22-10-5-6-11-22/h7-9,12-14,19,22H,5-6,10-11,15-16H2,1-4H3,(H,29,33). The third-order valence-corrected chi connectivity index (χ3v) is 8.29. The summed E-state index contributed by atoms with van der Waals surface area (Å²) in [7, 11) is -3.80. The van der Waals surface area contributed by atoms with Gasteiger partial charge in [-0.2, -0.15) is 0 Å². The smallest absolute Gasteiger partial charge is 0.244 e. The van der Waals surface area contributed by atoms with Crippen molar-refractivity contribution in [3.8, 4) is 0 Å². The highest BCUT2D eigenvalue weighted by atomic mass is 35.5. The van der Waals surface area contributed by atoms with Gasteiger partial charge in [-0.25, -0.2) is 8.42 Å². The summed E-state index contributed by atoms with van der Waals surface area (Å²) in [5.74, 6) is -0.790. The third kappa shape index (κ3) is 6.93. The first kappa shape index (κ1) is 28.3. The summed E-state index contributed by atoms with van der Waals surface area (Å²) in [6.45, 7) is 4.83. The zero-order chi connectivity index (χ0) is 26.6. The Morgan fingerprint density at radius 1 is 1.08 bits per heavy atom. The number of hydrogen-bond acceptors (Lipinski definition) is 4. The number of anilines is 1. The molecule has 0 radical (unpaired) electrons. The molecule has 0 spiro atoms. The Hall–Kier alpha value is -2.29. The van der Waals surface area contributed by atoms with E-state index in [1.54, 1.807) is 51.1 Å². The van der Waals surface area contributed by atoms with E-state index in [9.17, 15) is 18.0 Å². The molecule has 0 saturated heterocycles. The summed E-state index contributed by atoms with van der Waals surface area (Å²) in [6.07, 6.45) is 5.00. The van der Waals surface area contributed by atoms with Crippen molar-refractivity contribution in [3.05, 3.63) is 63.1 Å². The highest BCUT2D eigenvalue weighted by Crippen LogP contribution is 2.28. The maximum absolute atomic E-state index is 13.7. The molecule has 0 aromatic heterocycles. The van der Waals surface area contributed by atoms with Crippen molar-refractivity contribution in [2.45, 2.75) is 65.1 Å². The largest absolute Gasteiger partial charge is 0.352 e. The lowest BCUT2D eigenvalue weighted by molar-refractivity contribution is -0.139. The number of carbonyl (C=O) groups excluding carboxylic acids is 2. The number of nitrogens with zero attached hydrogens (tertiary/aromatic N) is 2. The van der Waals surface area contributed by atoms with Gasteiger partial charge in [-0.1, -0.05) is 60.3 Å². The predicted octanol–water partition coefficient (Wildman–Crippen LogP) is 4.85. The lowest BCUT2D eigenvalue weighted by atomic mass is 10.1. The molecule has 1 unspecified atom stereocenters. The molecule has 3 rings (SSSR count). The highest BCUT2D eigenvalue weighted by Gasteiger charge is 2.32. The van der Waals surface area contributed by atoms with Gasteiger partial charge in [-0.3, -0.25) is 13.9 Å². The molecule has 2 aromatic rings. The monoisotopic (exact) mass is 553 g/mol. The number of aryl methyl sites for hydroxylation is 2. The molecule has 1 N–H and O–H groups in total. The van der Waals surface area contributed by atoms with Gasteiger partial charge in [-0.05, 0) is 62.4 Å². The summed E-state index contributed by atoms with van der Waals surface area (Å²) >= 11 is 12.4. The molecule has 0 bridgehead atoms. The number of para-hydroxylation sites is 1. The van der Waals surface area contributed by atoms with Crippen LogP contribution in [-0.2, 0) is 26.2 Å². The van der Waals surface area contributed by atoms with E-state index in [1.807, 2.05) is 6.07 Å². The maximum Gasteiger partial charge on any atom is 0.244 e. The molecule has 196 valence electrons. The van der Waals surface area contributed by atoms with E-state index in [2.05, 4.69) is 5.32 Å². The number of nitrogens with one attached hydrogen (secondary N) is 1. The zero-order valence-corrected chi connectivity index (χ0v) is 23.4. The lowest BCUT2D eigenvalue weighted by Gasteiger charge is -2.33. The van der Waals surface area contributed by atoms with Crippen LogP contribution in [0.3, 0.4) is 0 Å². The van der Waals surface area contributed by atoms with E-state index < -0.39 is 28.5 Å². The molecule has 0 heterocycles. The normalized spacial score (nSPS) is 14.9. The molecule has 1 atom stereocenters. The Kier molecular flexibility index (Phi) is 9.30. The number of amides is 2. The van der Waals surface area contributed by atoms with Crippen molar-refractivity contribution >= 4 is 50.7 Å². The summed E-state index contributed by atoms with van der Waals surface area (Å²) in [4.78, 5) is 28.3.